The second-order valence-corrected chi connectivity index (χ2v) is 10.3. The molecule has 6 heteroatoms. The number of rotatable bonds is 8. The first kappa shape index (κ1) is 21.9. The summed E-state index contributed by atoms with van der Waals surface area (Å²) in [6.07, 6.45) is 1.37. The topological polar surface area (TPSA) is 46.5 Å². The van der Waals surface area contributed by atoms with Crippen LogP contribution in [0.3, 0.4) is 0 Å². The number of hydrogen-bond acceptors (Lipinski definition) is 3. The molecule has 0 aromatic rings. The molecule has 3 nitrogen and oxygen atoms in total. The van der Waals surface area contributed by atoms with Crippen LogP contribution < -0.4 is 0 Å². The number of hydrogen-bond donors (Lipinski definition) is 1. The van der Waals surface area contributed by atoms with Crippen molar-refractivity contribution in [3.8, 4) is 0 Å². The van der Waals surface area contributed by atoms with Gasteiger partial charge < -0.3 is 9.84 Å². The second kappa shape index (κ2) is 7.48. The van der Waals surface area contributed by atoms with E-state index in [0.29, 0.717) is 17.8 Å². The maximum atomic E-state index is 14.0. The van der Waals surface area contributed by atoms with E-state index in [4.69, 9.17) is 9.84 Å². The smallest absolute Gasteiger partial charge is 0.428 e. The Kier molecular flexibility index (Phi) is 5.85. The molecule has 0 saturated heterocycles. The average molecular weight is 405 g/mol. The average Bonchev–Trinajstić information content (AvgIpc) is 2.57. The Morgan fingerprint density at radius 3 is 1.93 bits per heavy atom. The Morgan fingerprint density at radius 2 is 1.54 bits per heavy atom. The Labute approximate surface area is 166 Å². The highest BCUT2D eigenvalue weighted by atomic mass is 19.4. The van der Waals surface area contributed by atoms with Crippen LogP contribution in [0.2, 0.25) is 0 Å². The Morgan fingerprint density at radius 1 is 1.04 bits per heavy atom. The molecule has 0 aliphatic heterocycles. The molecule has 0 radical (unpaired) electrons. The maximum Gasteiger partial charge on any atom is 0.428 e. The molecule has 0 heterocycles. The van der Waals surface area contributed by atoms with Crippen molar-refractivity contribution in [2.75, 3.05) is 6.61 Å². The van der Waals surface area contributed by atoms with E-state index in [-0.39, 0.29) is 37.7 Å². The third-order valence-electron chi connectivity index (χ3n) is 8.07. The van der Waals surface area contributed by atoms with Gasteiger partial charge in [-0.15, -0.1) is 0 Å². The fourth-order valence-corrected chi connectivity index (χ4v) is 6.73. The van der Waals surface area contributed by atoms with E-state index in [1.165, 1.54) is 19.3 Å². The largest absolute Gasteiger partial charge is 0.449 e. The number of ether oxygens (including phenoxy) is 1. The van der Waals surface area contributed by atoms with Crippen molar-refractivity contribution in [1.29, 1.82) is 0 Å². The molecular formula is C22H35F3O3. The second-order valence-electron chi connectivity index (χ2n) is 10.3. The molecular weight excluding hydrogens is 369 g/mol. The van der Waals surface area contributed by atoms with Crippen LogP contribution in [0.1, 0.15) is 85.0 Å². The van der Waals surface area contributed by atoms with Crippen LogP contribution in [0.5, 0.6) is 0 Å². The molecule has 0 aromatic heterocycles. The molecule has 4 aliphatic carbocycles. The minimum absolute atomic E-state index is 0.0371. The summed E-state index contributed by atoms with van der Waals surface area (Å²) in [5, 5.41) is 9.10. The van der Waals surface area contributed by atoms with E-state index in [9.17, 15) is 18.0 Å². The molecule has 4 rings (SSSR count). The van der Waals surface area contributed by atoms with Gasteiger partial charge in [0.15, 0.2) is 0 Å². The van der Waals surface area contributed by atoms with Crippen molar-refractivity contribution >= 4 is 5.97 Å². The van der Waals surface area contributed by atoms with Crippen LogP contribution in [0.15, 0.2) is 0 Å². The predicted octanol–water partition coefficient (Wildman–Crippen LogP) is 5.65. The minimum Gasteiger partial charge on any atom is -0.449 e. The number of carbonyl (C=O) groups is 1. The van der Waals surface area contributed by atoms with E-state index < -0.39 is 23.2 Å². The molecule has 28 heavy (non-hydrogen) atoms. The third kappa shape index (κ3) is 3.59. The van der Waals surface area contributed by atoms with Crippen molar-refractivity contribution in [2.24, 2.45) is 28.6 Å². The van der Waals surface area contributed by atoms with E-state index in [1.807, 2.05) is 13.8 Å². The molecule has 1 N–H and O–H groups in total. The van der Waals surface area contributed by atoms with Gasteiger partial charge in [0, 0.05) is 6.61 Å². The zero-order valence-corrected chi connectivity index (χ0v) is 17.4. The standard InChI is InChI=1S/C22H35F3O3/c1-4-6-21(7-5-8-26,22(23,24)25)28-18(27)19(2,3)20-12-15-9-16(13-20)11-17(10-15)14-20/h15-17,26H,4-14H2,1-3H3. The lowest BCUT2D eigenvalue weighted by molar-refractivity contribution is -0.283. The number of alkyl halides is 3. The lowest BCUT2D eigenvalue weighted by atomic mass is 9.43. The molecule has 1 unspecified atom stereocenters. The molecule has 4 fully saturated rings. The molecule has 4 saturated carbocycles. The quantitative estimate of drug-likeness (QED) is 0.532. The summed E-state index contributed by atoms with van der Waals surface area (Å²) >= 11 is 0. The number of carbonyl (C=O) groups excluding carboxylic acids is 1. The van der Waals surface area contributed by atoms with Gasteiger partial charge in [0.25, 0.3) is 0 Å². The van der Waals surface area contributed by atoms with Gasteiger partial charge in [0.2, 0.25) is 5.60 Å². The van der Waals surface area contributed by atoms with Gasteiger partial charge in [0.1, 0.15) is 0 Å². The van der Waals surface area contributed by atoms with Crippen LogP contribution in [-0.2, 0) is 9.53 Å². The van der Waals surface area contributed by atoms with Gasteiger partial charge >= 0.3 is 12.1 Å². The van der Waals surface area contributed by atoms with Crippen LogP contribution in [0.4, 0.5) is 13.2 Å². The van der Waals surface area contributed by atoms with Gasteiger partial charge in [0.05, 0.1) is 5.41 Å². The summed E-state index contributed by atoms with van der Waals surface area (Å²) in [7, 11) is 0. The number of aliphatic hydroxyl groups excluding tert-OH is 1. The van der Waals surface area contributed by atoms with Crippen molar-refractivity contribution in [3.05, 3.63) is 0 Å². The molecule has 4 aliphatic rings. The third-order valence-corrected chi connectivity index (χ3v) is 8.07. The highest BCUT2D eigenvalue weighted by molar-refractivity contribution is 5.77. The Hall–Kier alpha value is -0.780. The highest BCUT2D eigenvalue weighted by Gasteiger charge is 2.63. The number of esters is 1. The van der Waals surface area contributed by atoms with Gasteiger partial charge in [-0.25, -0.2) is 0 Å². The SMILES string of the molecule is CCCC(CCCO)(OC(=O)C(C)(C)C12CC3CC(CC(C3)C1)C2)C(F)(F)F. The van der Waals surface area contributed by atoms with Crippen molar-refractivity contribution < 1.29 is 27.8 Å². The molecule has 1 atom stereocenters. The lowest BCUT2D eigenvalue weighted by Gasteiger charge is -2.61. The summed E-state index contributed by atoms with van der Waals surface area (Å²) in [4.78, 5) is 13.3. The summed E-state index contributed by atoms with van der Waals surface area (Å²) < 4.78 is 47.5. The van der Waals surface area contributed by atoms with Crippen molar-refractivity contribution in [1.82, 2.24) is 0 Å². The fraction of sp³-hybridized carbons (Fsp3) is 0.955. The van der Waals surface area contributed by atoms with Gasteiger partial charge in [-0.05, 0) is 94.8 Å². The van der Waals surface area contributed by atoms with Gasteiger partial charge in [-0.3, -0.25) is 4.79 Å². The molecule has 0 aromatic carbocycles. The van der Waals surface area contributed by atoms with Gasteiger partial charge in [-0.2, -0.15) is 13.2 Å². The molecule has 0 spiro atoms. The zero-order chi connectivity index (χ0) is 20.8. The summed E-state index contributed by atoms with van der Waals surface area (Å²) in [6, 6.07) is 0. The number of halogens is 3. The normalized spacial score (nSPS) is 34.3. The van der Waals surface area contributed by atoms with Crippen LogP contribution >= 0.6 is 0 Å². The molecule has 162 valence electrons. The Balaban J connectivity index is 1.86. The minimum atomic E-state index is -4.65. The first-order valence-corrected chi connectivity index (χ1v) is 10.9. The highest BCUT2D eigenvalue weighted by Crippen LogP contribution is 2.66. The number of aliphatic hydroxyl groups is 1. The zero-order valence-electron chi connectivity index (χ0n) is 17.4. The molecule has 4 bridgehead atoms. The van der Waals surface area contributed by atoms with E-state index >= 15 is 0 Å². The van der Waals surface area contributed by atoms with Crippen LogP contribution in [0, 0.1) is 28.6 Å². The lowest BCUT2D eigenvalue weighted by Crippen LogP contribution is -2.58. The van der Waals surface area contributed by atoms with Crippen LogP contribution in [-0.4, -0.2) is 29.5 Å². The first-order valence-electron chi connectivity index (χ1n) is 10.9. The maximum absolute atomic E-state index is 14.0. The van der Waals surface area contributed by atoms with E-state index in [1.54, 1.807) is 6.92 Å². The summed E-state index contributed by atoms with van der Waals surface area (Å²) in [5.74, 6) is 1.11. The first-order chi connectivity index (χ1) is 13.0. The Bertz CT molecular complexity index is 549. The fourth-order valence-electron chi connectivity index (χ4n) is 6.73. The van der Waals surface area contributed by atoms with E-state index in [0.717, 1.165) is 19.3 Å². The molecule has 0 amide bonds. The summed E-state index contributed by atoms with van der Waals surface area (Å²) in [5.41, 5.74) is -3.67. The van der Waals surface area contributed by atoms with Crippen molar-refractivity contribution in [3.63, 3.8) is 0 Å². The van der Waals surface area contributed by atoms with Crippen LogP contribution in [0.25, 0.3) is 0 Å². The van der Waals surface area contributed by atoms with Crippen molar-refractivity contribution in [2.45, 2.75) is 96.8 Å². The predicted molar refractivity (Wildman–Crippen MR) is 100 cm³/mol. The van der Waals surface area contributed by atoms with E-state index in [2.05, 4.69) is 0 Å². The van der Waals surface area contributed by atoms with Gasteiger partial charge in [-0.1, -0.05) is 13.3 Å². The monoisotopic (exact) mass is 404 g/mol. The summed E-state index contributed by atoms with van der Waals surface area (Å²) in [6.45, 7) is 4.93.